The second-order valence-electron chi connectivity index (χ2n) is 5.91. The van der Waals surface area contributed by atoms with Crippen LogP contribution in [0, 0.1) is 0 Å². The maximum atomic E-state index is 12.5. The molecule has 0 spiro atoms. The Morgan fingerprint density at radius 3 is 2.63 bits per heavy atom. The van der Waals surface area contributed by atoms with Gasteiger partial charge in [0, 0.05) is 10.8 Å². The maximum Gasteiger partial charge on any atom is 0.277 e. The molecule has 0 unspecified atom stereocenters. The fourth-order valence-corrected chi connectivity index (χ4v) is 5.39. The molecule has 8 nitrogen and oxygen atoms in total. The molecule has 2 heterocycles. The van der Waals surface area contributed by atoms with E-state index in [4.69, 9.17) is 23.2 Å². The van der Waals surface area contributed by atoms with Crippen LogP contribution >= 0.6 is 46.3 Å². The number of hydrogen-bond donors (Lipinski definition) is 1. The van der Waals surface area contributed by atoms with E-state index in [1.807, 2.05) is 24.3 Å². The molecule has 0 radical (unpaired) electrons. The number of aromatic nitrogens is 4. The van der Waals surface area contributed by atoms with Crippen LogP contribution in [0.5, 0.6) is 0 Å². The molecule has 0 aliphatic heterocycles. The smallest absolute Gasteiger partial charge is 0.277 e. The van der Waals surface area contributed by atoms with E-state index in [9.17, 15) is 13.2 Å². The molecule has 2 aromatic heterocycles. The lowest BCUT2D eigenvalue weighted by Crippen LogP contribution is -2.18. The number of benzene rings is 1. The molecule has 13 heteroatoms. The topological polar surface area (TPSA) is 115 Å². The van der Waals surface area contributed by atoms with Crippen molar-refractivity contribution in [2.45, 2.75) is 28.6 Å². The summed E-state index contributed by atoms with van der Waals surface area (Å²) < 4.78 is 25.0. The molecule has 0 aliphatic carbocycles. The van der Waals surface area contributed by atoms with Crippen LogP contribution in [0.2, 0.25) is 10.0 Å². The number of rotatable bonds is 8. The van der Waals surface area contributed by atoms with Crippen molar-refractivity contribution in [1.29, 1.82) is 0 Å². The average molecular weight is 504 g/mol. The van der Waals surface area contributed by atoms with E-state index in [0.29, 0.717) is 21.5 Å². The predicted octanol–water partition coefficient (Wildman–Crippen LogP) is 4.36. The minimum Gasteiger partial charge on any atom is -0.295 e. The summed E-state index contributed by atoms with van der Waals surface area (Å²) in [6, 6.07) is 7.45. The number of nitrogens with zero attached hydrogens (tertiary/aromatic N) is 4. The molecule has 1 amide bonds. The second kappa shape index (κ2) is 10.0. The van der Waals surface area contributed by atoms with Gasteiger partial charge < -0.3 is 0 Å². The number of nitrogens with one attached hydrogen (secondary N) is 1. The van der Waals surface area contributed by atoms with Crippen molar-refractivity contribution in [2.24, 2.45) is 0 Å². The minimum atomic E-state index is -3.69. The predicted molar refractivity (Wildman–Crippen MR) is 118 cm³/mol. The molecule has 0 saturated carbocycles. The number of anilines is 1. The van der Waals surface area contributed by atoms with Gasteiger partial charge in [-0.3, -0.25) is 10.1 Å². The Hall–Kier alpha value is -1.79. The fraction of sp³-hybridized carbons (Fsp3) is 0.235. The third-order valence-electron chi connectivity index (χ3n) is 3.59. The summed E-state index contributed by atoms with van der Waals surface area (Å²) in [5.74, 6) is -0.156. The highest BCUT2D eigenvalue weighted by molar-refractivity contribution is 8.00. The Bertz CT molecular complexity index is 1150. The number of hydrogen-bond acceptors (Lipinski definition) is 9. The van der Waals surface area contributed by atoms with Crippen LogP contribution in [0.15, 0.2) is 40.0 Å². The van der Waals surface area contributed by atoms with E-state index in [1.54, 1.807) is 6.92 Å². The quantitative estimate of drug-likeness (QED) is 0.273. The van der Waals surface area contributed by atoms with Gasteiger partial charge in [-0.05, 0) is 24.1 Å². The van der Waals surface area contributed by atoms with Crippen LogP contribution in [-0.2, 0) is 15.6 Å². The Morgan fingerprint density at radius 2 is 1.93 bits per heavy atom. The number of thioether (sulfide) groups is 1. The van der Waals surface area contributed by atoms with Gasteiger partial charge in [0.05, 0.1) is 17.0 Å². The Kier molecular flexibility index (Phi) is 7.64. The molecule has 0 bridgehead atoms. The van der Waals surface area contributed by atoms with Crippen LogP contribution in [0.25, 0.3) is 0 Å². The first-order chi connectivity index (χ1) is 14.3. The highest BCUT2D eigenvalue weighted by Gasteiger charge is 2.22. The first-order valence-corrected chi connectivity index (χ1v) is 12.8. The Morgan fingerprint density at radius 1 is 1.20 bits per heavy atom. The van der Waals surface area contributed by atoms with Gasteiger partial charge in [-0.25, -0.2) is 18.4 Å². The number of carbonyl (C=O) groups is 1. The van der Waals surface area contributed by atoms with Crippen molar-refractivity contribution >= 4 is 67.2 Å². The normalized spacial score (nSPS) is 11.4. The molecular weight excluding hydrogens is 489 g/mol. The van der Waals surface area contributed by atoms with Gasteiger partial charge in [-0.1, -0.05) is 65.4 Å². The minimum absolute atomic E-state index is 0.0650. The van der Waals surface area contributed by atoms with E-state index in [-0.39, 0.29) is 21.6 Å². The second-order valence-corrected chi connectivity index (χ2v) is 11.0. The zero-order valence-electron chi connectivity index (χ0n) is 15.5. The molecule has 0 fully saturated rings. The molecule has 0 saturated heterocycles. The summed E-state index contributed by atoms with van der Waals surface area (Å²) >= 11 is 14.5. The van der Waals surface area contributed by atoms with Crippen molar-refractivity contribution in [3.8, 4) is 0 Å². The van der Waals surface area contributed by atoms with Crippen molar-refractivity contribution < 1.29 is 13.2 Å². The van der Waals surface area contributed by atoms with Crippen LogP contribution < -0.4 is 5.32 Å². The van der Waals surface area contributed by atoms with Gasteiger partial charge in [-0.15, -0.1) is 10.2 Å². The van der Waals surface area contributed by atoms with Crippen molar-refractivity contribution in [1.82, 2.24) is 20.2 Å². The van der Waals surface area contributed by atoms with Crippen molar-refractivity contribution in [3.05, 3.63) is 51.8 Å². The zero-order valence-corrected chi connectivity index (χ0v) is 19.5. The standard InChI is InChI=1S/C17H15Cl2N5O3S3/c1-2-7-30(26,27)16-20-8-12(19)13(21-16)14(25)22-15-23-24-17(29-15)28-9-10-3-5-11(18)6-4-10/h3-6,8H,2,7,9H2,1H3,(H,22,23,25). The molecule has 3 rings (SSSR count). The van der Waals surface area contributed by atoms with E-state index in [2.05, 4.69) is 25.5 Å². The van der Waals surface area contributed by atoms with Crippen molar-refractivity contribution in [3.63, 3.8) is 0 Å². The monoisotopic (exact) mass is 503 g/mol. The molecule has 1 aromatic carbocycles. The lowest BCUT2D eigenvalue weighted by atomic mass is 10.2. The van der Waals surface area contributed by atoms with Gasteiger partial charge in [0.25, 0.3) is 5.91 Å². The number of halogens is 2. The summed E-state index contributed by atoms with van der Waals surface area (Å²) in [5, 5.41) is 10.9. The summed E-state index contributed by atoms with van der Waals surface area (Å²) in [5.41, 5.74) is 0.825. The van der Waals surface area contributed by atoms with Crippen LogP contribution in [0.3, 0.4) is 0 Å². The van der Waals surface area contributed by atoms with Gasteiger partial charge in [-0.2, -0.15) is 0 Å². The molecule has 3 aromatic rings. The third kappa shape index (κ3) is 5.88. The van der Waals surface area contributed by atoms with Crippen LogP contribution in [0.4, 0.5) is 5.13 Å². The molecule has 1 N–H and O–H groups in total. The Labute approximate surface area is 191 Å². The first kappa shape index (κ1) is 22.9. The molecule has 158 valence electrons. The van der Waals surface area contributed by atoms with Gasteiger partial charge in [0.15, 0.2) is 10.0 Å². The van der Waals surface area contributed by atoms with Crippen LogP contribution in [0.1, 0.15) is 29.4 Å². The highest BCUT2D eigenvalue weighted by Crippen LogP contribution is 2.29. The van der Waals surface area contributed by atoms with E-state index in [0.717, 1.165) is 11.8 Å². The Balaban J connectivity index is 1.68. The molecule has 30 heavy (non-hydrogen) atoms. The summed E-state index contributed by atoms with van der Waals surface area (Å²) in [6.45, 7) is 1.72. The fourth-order valence-electron chi connectivity index (χ4n) is 2.22. The average Bonchev–Trinajstić information content (AvgIpc) is 3.15. The lowest BCUT2D eigenvalue weighted by molar-refractivity contribution is 0.102. The molecule has 0 aliphatic rings. The number of sulfone groups is 1. The molecule has 0 atom stereocenters. The number of carbonyl (C=O) groups excluding carboxylic acids is 1. The van der Waals surface area contributed by atoms with Gasteiger partial charge >= 0.3 is 0 Å². The SMILES string of the molecule is CCCS(=O)(=O)c1ncc(Cl)c(C(=O)Nc2nnc(SCc3ccc(Cl)cc3)s2)n1. The number of amides is 1. The third-order valence-corrected chi connectivity index (χ3v) is 7.86. The van der Waals surface area contributed by atoms with E-state index < -0.39 is 20.9 Å². The van der Waals surface area contributed by atoms with Gasteiger partial charge in [0.1, 0.15) is 0 Å². The van der Waals surface area contributed by atoms with Crippen LogP contribution in [-0.4, -0.2) is 40.2 Å². The maximum absolute atomic E-state index is 12.5. The van der Waals surface area contributed by atoms with Crippen molar-refractivity contribution in [2.75, 3.05) is 11.1 Å². The summed E-state index contributed by atoms with van der Waals surface area (Å²) in [4.78, 5) is 20.1. The summed E-state index contributed by atoms with van der Waals surface area (Å²) in [7, 11) is -3.69. The lowest BCUT2D eigenvalue weighted by Gasteiger charge is -2.06. The summed E-state index contributed by atoms with van der Waals surface area (Å²) in [6.07, 6.45) is 1.50. The van der Waals surface area contributed by atoms with E-state index >= 15 is 0 Å². The zero-order chi connectivity index (χ0) is 21.7. The highest BCUT2D eigenvalue weighted by atomic mass is 35.5. The van der Waals surface area contributed by atoms with E-state index in [1.165, 1.54) is 23.1 Å². The largest absolute Gasteiger partial charge is 0.295 e. The van der Waals surface area contributed by atoms with Gasteiger partial charge in [0.2, 0.25) is 20.1 Å². The first-order valence-electron chi connectivity index (χ1n) is 8.56. The molecular formula is C17H15Cl2N5O3S3.